The second kappa shape index (κ2) is 4.89. The Kier molecular flexibility index (Phi) is 3.95. The predicted molar refractivity (Wildman–Crippen MR) is 70.7 cm³/mol. The van der Waals surface area contributed by atoms with Gasteiger partial charge in [-0.15, -0.1) is 23.5 Å². The van der Waals surface area contributed by atoms with Crippen LogP contribution in [0.2, 0.25) is 0 Å². The Morgan fingerprint density at radius 1 is 1.27 bits per heavy atom. The smallest absolute Gasteiger partial charge is 0.0868 e. The summed E-state index contributed by atoms with van der Waals surface area (Å²) in [4.78, 5) is 0. The van der Waals surface area contributed by atoms with Crippen molar-refractivity contribution in [1.29, 1.82) is 0 Å². The lowest BCUT2D eigenvalue weighted by Crippen LogP contribution is -2.37. The van der Waals surface area contributed by atoms with Crippen molar-refractivity contribution in [2.45, 2.75) is 56.3 Å². The molecule has 0 aromatic carbocycles. The van der Waals surface area contributed by atoms with Gasteiger partial charge in [-0.1, -0.05) is 13.8 Å². The highest BCUT2D eigenvalue weighted by atomic mass is 32.2. The Labute approximate surface area is 102 Å². The van der Waals surface area contributed by atoms with Gasteiger partial charge in [0.25, 0.3) is 0 Å². The van der Waals surface area contributed by atoms with Gasteiger partial charge in [-0.05, 0) is 43.6 Å². The second-order valence-electron chi connectivity index (χ2n) is 5.18. The van der Waals surface area contributed by atoms with Crippen LogP contribution in [0, 0.1) is 5.92 Å². The van der Waals surface area contributed by atoms with Crippen LogP contribution in [0.15, 0.2) is 0 Å². The number of thioether (sulfide) groups is 2. The van der Waals surface area contributed by atoms with Gasteiger partial charge in [-0.3, -0.25) is 0 Å². The normalized spacial score (nSPS) is 38.8. The molecule has 0 N–H and O–H groups in total. The lowest BCUT2D eigenvalue weighted by Gasteiger charge is -2.36. The van der Waals surface area contributed by atoms with E-state index in [1.165, 1.54) is 30.8 Å². The first-order valence-electron chi connectivity index (χ1n) is 6.03. The average molecular weight is 246 g/mol. The molecule has 0 amide bonds. The molecule has 15 heavy (non-hydrogen) atoms. The summed E-state index contributed by atoms with van der Waals surface area (Å²) < 4.78 is 6.98. The lowest BCUT2D eigenvalue weighted by atomic mass is 10.0. The average Bonchev–Trinajstić information content (AvgIpc) is 2.64. The van der Waals surface area contributed by atoms with Crippen LogP contribution in [-0.2, 0) is 4.74 Å². The molecule has 0 aromatic heterocycles. The van der Waals surface area contributed by atoms with Crippen molar-refractivity contribution < 1.29 is 4.74 Å². The van der Waals surface area contributed by atoms with E-state index in [9.17, 15) is 0 Å². The van der Waals surface area contributed by atoms with E-state index < -0.39 is 0 Å². The highest BCUT2D eigenvalue weighted by Crippen LogP contribution is 2.46. The SMILES string of the molecule is CC(C)C1CCC(C)(C2SCCCS2)O1. The third-order valence-corrected chi connectivity index (χ3v) is 6.88. The van der Waals surface area contributed by atoms with Crippen molar-refractivity contribution in [3.63, 3.8) is 0 Å². The van der Waals surface area contributed by atoms with Crippen molar-refractivity contribution in [3.8, 4) is 0 Å². The second-order valence-corrected chi connectivity index (χ2v) is 7.90. The largest absolute Gasteiger partial charge is 0.370 e. The summed E-state index contributed by atoms with van der Waals surface area (Å²) in [6.45, 7) is 6.88. The summed E-state index contributed by atoms with van der Waals surface area (Å²) in [6, 6.07) is 0. The molecular formula is C12H22OS2. The van der Waals surface area contributed by atoms with Crippen LogP contribution >= 0.6 is 23.5 Å². The molecule has 2 rings (SSSR count). The zero-order chi connectivity index (χ0) is 10.9. The van der Waals surface area contributed by atoms with Gasteiger partial charge in [0.15, 0.2) is 0 Å². The molecule has 2 saturated heterocycles. The number of hydrogen-bond acceptors (Lipinski definition) is 3. The molecule has 0 aromatic rings. The minimum Gasteiger partial charge on any atom is -0.370 e. The van der Waals surface area contributed by atoms with Gasteiger partial charge in [0, 0.05) is 0 Å². The number of ether oxygens (including phenoxy) is 1. The minimum atomic E-state index is 0.144. The van der Waals surface area contributed by atoms with Gasteiger partial charge in [0.2, 0.25) is 0 Å². The van der Waals surface area contributed by atoms with Crippen LogP contribution in [0.4, 0.5) is 0 Å². The zero-order valence-corrected chi connectivity index (χ0v) is 11.6. The van der Waals surface area contributed by atoms with E-state index in [4.69, 9.17) is 4.74 Å². The van der Waals surface area contributed by atoms with Gasteiger partial charge in [0.05, 0.1) is 16.3 Å². The van der Waals surface area contributed by atoms with Gasteiger partial charge in [0.1, 0.15) is 0 Å². The molecule has 0 bridgehead atoms. The standard InChI is InChI=1S/C12H22OS2/c1-9(2)10-5-6-12(3,13-10)11-14-7-4-8-15-11/h9-11H,4-8H2,1-3H3. The molecule has 2 fully saturated rings. The molecule has 1 nitrogen and oxygen atoms in total. The van der Waals surface area contributed by atoms with E-state index in [1.54, 1.807) is 0 Å². The van der Waals surface area contributed by atoms with Gasteiger partial charge < -0.3 is 4.74 Å². The summed E-state index contributed by atoms with van der Waals surface area (Å²) in [7, 11) is 0. The van der Waals surface area contributed by atoms with Crippen LogP contribution in [0.5, 0.6) is 0 Å². The van der Waals surface area contributed by atoms with Gasteiger partial charge >= 0.3 is 0 Å². The monoisotopic (exact) mass is 246 g/mol. The zero-order valence-electron chi connectivity index (χ0n) is 9.99. The van der Waals surface area contributed by atoms with Crippen LogP contribution in [-0.4, -0.2) is 27.8 Å². The van der Waals surface area contributed by atoms with E-state index in [-0.39, 0.29) is 5.60 Å². The summed E-state index contributed by atoms with van der Waals surface area (Å²) in [5, 5.41) is 0. The molecular weight excluding hydrogens is 224 g/mol. The third kappa shape index (κ3) is 2.67. The van der Waals surface area contributed by atoms with Crippen LogP contribution in [0.1, 0.15) is 40.0 Å². The summed E-state index contributed by atoms with van der Waals surface area (Å²) in [5.74, 6) is 3.32. The Morgan fingerprint density at radius 3 is 2.47 bits per heavy atom. The Bertz CT molecular complexity index is 214. The molecule has 0 radical (unpaired) electrons. The molecule has 2 aliphatic heterocycles. The van der Waals surface area contributed by atoms with Crippen molar-refractivity contribution in [2.75, 3.05) is 11.5 Å². The van der Waals surface area contributed by atoms with E-state index in [1.807, 2.05) is 0 Å². The van der Waals surface area contributed by atoms with Gasteiger partial charge in [-0.25, -0.2) is 0 Å². The maximum Gasteiger partial charge on any atom is 0.0868 e. The molecule has 0 aliphatic carbocycles. The highest BCUT2D eigenvalue weighted by Gasteiger charge is 2.44. The van der Waals surface area contributed by atoms with E-state index in [0.29, 0.717) is 16.6 Å². The molecule has 2 unspecified atom stereocenters. The van der Waals surface area contributed by atoms with Crippen LogP contribution in [0.3, 0.4) is 0 Å². The fraction of sp³-hybridized carbons (Fsp3) is 1.00. The first kappa shape index (κ1) is 12.1. The fourth-order valence-electron chi connectivity index (χ4n) is 2.38. The van der Waals surface area contributed by atoms with E-state index >= 15 is 0 Å². The van der Waals surface area contributed by atoms with Crippen molar-refractivity contribution >= 4 is 23.5 Å². The lowest BCUT2D eigenvalue weighted by molar-refractivity contribution is -0.0356. The van der Waals surface area contributed by atoms with Crippen molar-refractivity contribution in [3.05, 3.63) is 0 Å². The number of rotatable bonds is 2. The molecule has 2 heterocycles. The summed E-state index contributed by atoms with van der Waals surface area (Å²) >= 11 is 4.22. The Balaban J connectivity index is 1.95. The van der Waals surface area contributed by atoms with E-state index in [0.717, 1.165) is 0 Å². The quantitative estimate of drug-likeness (QED) is 0.734. The van der Waals surface area contributed by atoms with Gasteiger partial charge in [-0.2, -0.15) is 0 Å². The maximum atomic E-state index is 6.31. The summed E-state index contributed by atoms with van der Waals surface area (Å²) in [5.41, 5.74) is 0.144. The van der Waals surface area contributed by atoms with Crippen molar-refractivity contribution in [2.24, 2.45) is 5.92 Å². The van der Waals surface area contributed by atoms with Crippen LogP contribution in [0.25, 0.3) is 0 Å². The number of hydrogen-bond donors (Lipinski definition) is 0. The molecule has 88 valence electrons. The third-order valence-electron chi connectivity index (χ3n) is 3.42. The van der Waals surface area contributed by atoms with Crippen LogP contribution < -0.4 is 0 Å². The van der Waals surface area contributed by atoms with E-state index in [2.05, 4.69) is 44.3 Å². The maximum absolute atomic E-state index is 6.31. The minimum absolute atomic E-state index is 0.144. The first-order chi connectivity index (χ1) is 7.12. The highest BCUT2D eigenvalue weighted by molar-refractivity contribution is 8.17. The topological polar surface area (TPSA) is 9.23 Å². The molecule has 0 saturated carbocycles. The Morgan fingerprint density at radius 2 is 1.93 bits per heavy atom. The molecule has 2 aliphatic rings. The summed E-state index contributed by atoms with van der Waals surface area (Å²) in [6.07, 6.45) is 4.38. The first-order valence-corrected chi connectivity index (χ1v) is 8.12. The fourth-order valence-corrected chi connectivity index (χ4v) is 5.62. The molecule has 2 atom stereocenters. The molecule has 3 heteroatoms. The van der Waals surface area contributed by atoms with Crippen molar-refractivity contribution in [1.82, 2.24) is 0 Å². The molecule has 0 spiro atoms. The predicted octanol–water partition coefficient (Wildman–Crippen LogP) is 3.78. The Hall–Kier alpha value is 0.660.